The molecule has 0 bridgehead atoms. The van der Waals surface area contributed by atoms with Crippen LogP contribution >= 0.6 is 22.7 Å². The van der Waals surface area contributed by atoms with Gasteiger partial charge in [0.25, 0.3) is 0 Å². The van der Waals surface area contributed by atoms with Gasteiger partial charge in [-0.15, -0.1) is 22.7 Å². The molecule has 0 aliphatic rings. The maximum absolute atomic E-state index is 13.0. The number of rotatable bonds is 18. The van der Waals surface area contributed by atoms with Crippen LogP contribution < -0.4 is 29.6 Å². The highest BCUT2D eigenvalue weighted by molar-refractivity contribution is 7.89. The van der Waals surface area contributed by atoms with E-state index in [9.17, 15) is 26.4 Å². The molecule has 0 fully saturated rings. The van der Waals surface area contributed by atoms with Crippen LogP contribution in [0.2, 0.25) is 0 Å². The van der Waals surface area contributed by atoms with E-state index < -0.39 is 43.9 Å². The zero-order valence-corrected chi connectivity index (χ0v) is 40.2. The second kappa shape index (κ2) is 22.4. The first-order valence-electron chi connectivity index (χ1n) is 20.4. The van der Waals surface area contributed by atoms with Crippen LogP contribution in [0.3, 0.4) is 0 Å². The van der Waals surface area contributed by atoms with Gasteiger partial charge in [-0.05, 0) is 111 Å². The molecule has 2 amide bonds. The predicted octanol–water partition coefficient (Wildman–Crippen LogP) is 8.92. The Kier molecular flexibility index (Phi) is 17.3. The van der Waals surface area contributed by atoms with Crippen molar-refractivity contribution in [3.05, 3.63) is 119 Å². The van der Waals surface area contributed by atoms with Crippen molar-refractivity contribution in [1.29, 1.82) is 0 Å². The topological polar surface area (TPSA) is 195 Å². The summed E-state index contributed by atoms with van der Waals surface area (Å²) in [6.45, 7) is 11.5. The molecule has 0 radical (unpaired) electrons. The second-order valence-corrected chi connectivity index (χ2v) is 20.9. The standard InChI is InChI=1S/2C23H27N3O4S2/c2*1-15(2)13-20(26-32(28,29)19-11-5-16(3)6-12-19)22(27)25-23-24-21(14-31-23)17-7-9-18(30-4)10-8-17/h2*5-12,14-15,20,26H,13H2,1-4H3,(H,24,25,27)/t2*20-/m00/s1. The third-order valence-corrected chi connectivity index (χ3v) is 14.0. The summed E-state index contributed by atoms with van der Waals surface area (Å²) in [5.74, 6) is 0.829. The second-order valence-electron chi connectivity index (χ2n) is 15.7. The van der Waals surface area contributed by atoms with E-state index >= 15 is 0 Å². The third kappa shape index (κ3) is 14.3. The number of aryl methyl sites for hydroxylation is 2. The third-order valence-electron chi connectivity index (χ3n) is 9.54. The van der Waals surface area contributed by atoms with Crippen molar-refractivity contribution >= 4 is 64.8 Å². The van der Waals surface area contributed by atoms with Crippen LogP contribution in [-0.2, 0) is 29.6 Å². The molecule has 2 aromatic heterocycles. The number of benzene rings is 4. The number of hydrogen-bond acceptors (Lipinski definition) is 12. The van der Waals surface area contributed by atoms with Crippen molar-refractivity contribution in [3.8, 4) is 34.0 Å². The first-order valence-corrected chi connectivity index (χ1v) is 25.1. The number of aromatic nitrogens is 2. The van der Waals surface area contributed by atoms with Crippen molar-refractivity contribution in [3.63, 3.8) is 0 Å². The Bertz CT molecular complexity index is 2500. The number of carbonyl (C=O) groups is 2. The predicted molar refractivity (Wildman–Crippen MR) is 255 cm³/mol. The molecule has 6 aromatic rings. The van der Waals surface area contributed by atoms with Crippen LogP contribution in [0, 0.1) is 25.7 Å². The number of amides is 2. The van der Waals surface area contributed by atoms with Gasteiger partial charge < -0.3 is 20.1 Å². The molecule has 0 aliphatic carbocycles. The first kappa shape index (κ1) is 49.5. The maximum Gasteiger partial charge on any atom is 0.244 e. The Labute approximate surface area is 384 Å². The zero-order valence-electron chi connectivity index (χ0n) is 36.9. The summed E-state index contributed by atoms with van der Waals surface area (Å²) in [6, 6.07) is 26.1. The number of nitrogens with one attached hydrogen (secondary N) is 4. The fourth-order valence-corrected chi connectivity index (χ4v) is 10.0. The first-order chi connectivity index (χ1) is 30.3. The Balaban J connectivity index is 0.000000241. The summed E-state index contributed by atoms with van der Waals surface area (Å²) in [6.07, 6.45) is 0.710. The van der Waals surface area contributed by atoms with Crippen LogP contribution in [0.15, 0.2) is 118 Å². The van der Waals surface area contributed by atoms with Gasteiger partial charge in [-0.3, -0.25) is 9.59 Å². The normalized spacial score (nSPS) is 12.5. The van der Waals surface area contributed by atoms with Gasteiger partial charge in [-0.25, -0.2) is 26.8 Å². The number of nitrogens with zero attached hydrogens (tertiary/aromatic N) is 2. The van der Waals surface area contributed by atoms with E-state index in [-0.39, 0.29) is 21.6 Å². The Morgan fingerprint density at radius 1 is 0.547 bits per heavy atom. The van der Waals surface area contributed by atoms with E-state index in [1.54, 1.807) is 38.5 Å². The molecule has 18 heteroatoms. The molecular weight excluding hydrogens is 893 g/mol. The minimum Gasteiger partial charge on any atom is -0.497 e. The largest absolute Gasteiger partial charge is 0.497 e. The molecule has 2 atom stereocenters. The number of anilines is 2. The average Bonchev–Trinajstić information content (AvgIpc) is 3.93. The van der Waals surface area contributed by atoms with Gasteiger partial charge in [0.15, 0.2) is 10.3 Å². The monoisotopic (exact) mass is 946 g/mol. The number of carbonyl (C=O) groups excluding carboxylic acids is 2. The van der Waals surface area contributed by atoms with Crippen LogP contribution in [0.1, 0.15) is 51.7 Å². The van der Waals surface area contributed by atoms with Crippen LogP contribution in [0.5, 0.6) is 11.5 Å². The van der Waals surface area contributed by atoms with Crippen molar-refractivity contribution in [1.82, 2.24) is 19.4 Å². The molecule has 0 saturated heterocycles. The Hall–Kier alpha value is -5.50. The van der Waals surface area contributed by atoms with E-state index in [4.69, 9.17) is 9.47 Å². The van der Waals surface area contributed by atoms with E-state index in [0.29, 0.717) is 34.5 Å². The average molecular weight is 947 g/mol. The number of hydrogen-bond donors (Lipinski definition) is 4. The van der Waals surface area contributed by atoms with Gasteiger partial charge in [-0.1, -0.05) is 63.1 Å². The van der Waals surface area contributed by atoms with Crippen LogP contribution in [-0.4, -0.2) is 64.9 Å². The quantitative estimate of drug-likeness (QED) is 0.0646. The summed E-state index contributed by atoms with van der Waals surface area (Å²) in [5.41, 5.74) is 5.12. The smallest absolute Gasteiger partial charge is 0.244 e. The molecule has 2 heterocycles. The molecule has 0 saturated carbocycles. The lowest BCUT2D eigenvalue weighted by Gasteiger charge is -2.19. The van der Waals surface area contributed by atoms with Crippen LogP contribution in [0.25, 0.3) is 22.5 Å². The molecule has 340 valence electrons. The number of thiazole rings is 2. The van der Waals surface area contributed by atoms with E-state index in [2.05, 4.69) is 30.0 Å². The molecule has 0 aliphatic heterocycles. The van der Waals surface area contributed by atoms with Crippen molar-refractivity contribution < 1.29 is 35.9 Å². The fraction of sp³-hybridized carbons (Fsp3) is 0.304. The summed E-state index contributed by atoms with van der Waals surface area (Å²) in [5, 5.41) is 10.0. The lowest BCUT2D eigenvalue weighted by atomic mass is 10.0. The van der Waals surface area contributed by atoms with Crippen LogP contribution in [0.4, 0.5) is 10.3 Å². The van der Waals surface area contributed by atoms with E-state index in [0.717, 1.165) is 33.8 Å². The summed E-state index contributed by atoms with van der Waals surface area (Å²) >= 11 is 2.57. The fourth-order valence-electron chi connectivity index (χ4n) is 6.14. The molecule has 4 aromatic carbocycles. The highest BCUT2D eigenvalue weighted by atomic mass is 32.2. The molecular formula is C46H54N6O8S4. The summed E-state index contributed by atoms with van der Waals surface area (Å²) in [4.78, 5) is 35.1. The summed E-state index contributed by atoms with van der Waals surface area (Å²) in [7, 11) is -4.48. The zero-order chi connectivity index (χ0) is 46.6. The van der Waals surface area contributed by atoms with Gasteiger partial charge in [-0.2, -0.15) is 9.44 Å². The highest BCUT2D eigenvalue weighted by Crippen LogP contribution is 2.29. The van der Waals surface area contributed by atoms with Gasteiger partial charge in [0, 0.05) is 21.9 Å². The van der Waals surface area contributed by atoms with Crippen molar-refractivity contribution in [2.75, 3.05) is 24.9 Å². The number of ether oxygens (including phenoxy) is 2. The molecule has 6 rings (SSSR count). The van der Waals surface area contributed by atoms with E-state index in [1.165, 1.54) is 46.9 Å². The Morgan fingerprint density at radius 2 is 0.875 bits per heavy atom. The minimum atomic E-state index is -3.84. The highest BCUT2D eigenvalue weighted by Gasteiger charge is 2.29. The number of methoxy groups -OCH3 is 2. The summed E-state index contributed by atoms with van der Waals surface area (Å²) < 4.78 is 66.7. The van der Waals surface area contributed by atoms with E-state index in [1.807, 2.05) is 101 Å². The van der Waals surface area contributed by atoms with Gasteiger partial charge in [0.2, 0.25) is 31.9 Å². The lowest BCUT2D eigenvalue weighted by molar-refractivity contribution is -0.118. The molecule has 0 unspecified atom stereocenters. The maximum atomic E-state index is 13.0. The lowest BCUT2D eigenvalue weighted by Crippen LogP contribution is -2.44. The van der Waals surface area contributed by atoms with Gasteiger partial charge in [0.1, 0.15) is 23.6 Å². The van der Waals surface area contributed by atoms with Gasteiger partial charge in [0.05, 0.1) is 35.4 Å². The van der Waals surface area contributed by atoms with Gasteiger partial charge >= 0.3 is 0 Å². The molecule has 64 heavy (non-hydrogen) atoms. The minimum absolute atomic E-state index is 0.109. The Morgan fingerprint density at radius 3 is 1.17 bits per heavy atom. The molecule has 4 N–H and O–H groups in total. The SMILES string of the molecule is COc1ccc(-c2csc(NC(=O)[C@H](CC(C)C)NS(=O)(=O)c3ccc(C)cc3)n2)cc1.COc1ccc(-c2csc(NC(=O)[C@H](CC(C)C)NS(=O)(=O)c3ccc(C)cc3)n2)cc1. The molecule has 14 nitrogen and oxygen atoms in total. The molecule has 0 spiro atoms. The van der Waals surface area contributed by atoms with Crippen molar-refractivity contribution in [2.24, 2.45) is 11.8 Å². The van der Waals surface area contributed by atoms with Crippen molar-refractivity contribution in [2.45, 2.75) is 76.3 Å². The number of sulfonamides is 2.